The molecule has 19 heavy (non-hydrogen) atoms. The third kappa shape index (κ3) is 3.91. The van der Waals surface area contributed by atoms with Crippen LogP contribution in [0.3, 0.4) is 0 Å². The molecule has 0 spiro atoms. The number of carbonyl (C=O) groups is 1. The smallest absolute Gasteiger partial charge is 0.255 e. The van der Waals surface area contributed by atoms with Crippen molar-refractivity contribution < 1.29 is 9.18 Å². The summed E-state index contributed by atoms with van der Waals surface area (Å²) >= 11 is 3.24. The van der Waals surface area contributed by atoms with E-state index in [0.717, 1.165) is 0 Å². The molecule has 1 aliphatic heterocycles. The van der Waals surface area contributed by atoms with Crippen LogP contribution in [0.25, 0.3) is 0 Å². The van der Waals surface area contributed by atoms with E-state index in [1.54, 1.807) is 0 Å². The van der Waals surface area contributed by atoms with Gasteiger partial charge < -0.3 is 10.2 Å². The van der Waals surface area contributed by atoms with E-state index in [1.807, 2.05) is 4.90 Å². The van der Waals surface area contributed by atoms with Gasteiger partial charge >= 0.3 is 0 Å². The first-order valence-electron chi connectivity index (χ1n) is 5.97. The predicted molar refractivity (Wildman–Crippen MR) is 79.3 cm³/mol. The highest BCUT2D eigenvalue weighted by Gasteiger charge is 2.26. The van der Waals surface area contributed by atoms with Gasteiger partial charge in [0.2, 0.25) is 0 Å². The fraction of sp³-hybridized carbons (Fsp3) is 0.462. The Kier molecular flexibility index (Phi) is 5.77. The van der Waals surface area contributed by atoms with Crippen LogP contribution >= 0.6 is 28.3 Å². The first kappa shape index (κ1) is 16.4. The summed E-state index contributed by atoms with van der Waals surface area (Å²) in [6, 6.07) is 4.71. The van der Waals surface area contributed by atoms with E-state index in [2.05, 4.69) is 35.1 Å². The van der Waals surface area contributed by atoms with Gasteiger partial charge in [-0.3, -0.25) is 4.79 Å². The van der Waals surface area contributed by atoms with Crippen molar-refractivity contribution in [2.45, 2.75) is 25.9 Å². The molecule has 1 fully saturated rings. The minimum atomic E-state index is -0.347. The molecular formula is C13H17BrClFN2O. The lowest BCUT2D eigenvalue weighted by molar-refractivity contribution is 0.0673. The molecule has 1 N–H and O–H groups in total. The zero-order chi connectivity index (χ0) is 13.3. The van der Waals surface area contributed by atoms with Gasteiger partial charge in [-0.05, 0) is 48.0 Å². The van der Waals surface area contributed by atoms with Gasteiger partial charge in [0.1, 0.15) is 5.82 Å². The first-order valence-corrected chi connectivity index (χ1v) is 6.77. The molecule has 0 saturated carbocycles. The minimum Gasteiger partial charge on any atom is -0.336 e. The summed E-state index contributed by atoms with van der Waals surface area (Å²) in [6.45, 7) is 5.45. The average Bonchev–Trinajstić information content (AvgIpc) is 2.26. The van der Waals surface area contributed by atoms with Crippen LogP contribution in [-0.4, -0.2) is 36.0 Å². The number of nitrogens with one attached hydrogen (secondary N) is 1. The molecule has 2 rings (SSSR count). The van der Waals surface area contributed by atoms with Crippen molar-refractivity contribution in [1.82, 2.24) is 10.2 Å². The van der Waals surface area contributed by atoms with Gasteiger partial charge in [-0.15, -0.1) is 12.4 Å². The lowest BCUT2D eigenvalue weighted by Gasteiger charge is -2.36. The van der Waals surface area contributed by atoms with Gasteiger partial charge in [-0.1, -0.05) is 0 Å². The van der Waals surface area contributed by atoms with Gasteiger partial charge in [0.25, 0.3) is 5.91 Å². The third-order valence-electron chi connectivity index (χ3n) is 3.01. The van der Waals surface area contributed by atoms with Crippen molar-refractivity contribution in [1.29, 1.82) is 0 Å². The molecule has 6 heteroatoms. The molecule has 0 radical (unpaired) electrons. The van der Waals surface area contributed by atoms with Gasteiger partial charge in [-0.2, -0.15) is 0 Å². The predicted octanol–water partition coefficient (Wildman–Crippen LogP) is 2.83. The van der Waals surface area contributed by atoms with Crippen LogP contribution in [0.4, 0.5) is 4.39 Å². The van der Waals surface area contributed by atoms with E-state index < -0.39 is 0 Å². The maximum absolute atomic E-state index is 13.0. The van der Waals surface area contributed by atoms with Crippen molar-refractivity contribution in [3.63, 3.8) is 0 Å². The van der Waals surface area contributed by atoms with Crippen molar-refractivity contribution >= 4 is 34.2 Å². The van der Waals surface area contributed by atoms with Crippen LogP contribution in [0.5, 0.6) is 0 Å². The van der Waals surface area contributed by atoms with Crippen molar-refractivity contribution in [3.05, 3.63) is 34.1 Å². The zero-order valence-corrected chi connectivity index (χ0v) is 13.2. The van der Waals surface area contributed by atoms with E-state index in [9.17, 15) is 9.18 Å². The molecule has 1 aliphatic rings. The van der Waals surface area contributed by atoms with E-state index in [4.69, 9.17) is 0 Å². The number of hydrogen-bond acceptors (Lipinski definition) is 2. The largest absolute Gasteiger partial charge is 0.336 e. The van der Waals surface area contributed by atoms with Crippen molar-refractivity contribution in [2.24, 2.45) is 0 Å². The Labute approximate surface area is 127 Å². The van der Waals surface area contributed by atoms with Crippen molar-refractivity contribution in [3.8, 4) is 0 Å². The van der Waals surface area contributed by atoms with Crippen LogP contribution in [0.1, 0.15) is 24.2 Å². The Morgan fingerprint density at radius 1 is 1.37 bits per heavy atom. The normalized spacial score (nSPS) is 22.8. The summed E-state index contributed by atoms with van der Waals surface area (Å²) in [4.78, 5) is 14.2. The van der Waals surface area contributed by atoms with Gasteiger partial charge in [0.05, 0.1) is 5.56 Å². The van der Waals surface area contributed by atoms with Crippen LogP contribution < -0.4 is 5.32 Å². The second-order valence-corrected chi connectivity index (χ2v) is 5.66. The Balaban J connectivity index is 0.00000180. The van der Waals surface area contributed by atoms with E-state index >= 15 is 0 Å². The molecule has 1 heterocycles. The summed E-state index contributed by atoms with van der Waals surface area (Å²) in [5.41, 5.74) is 0.512. The van der Waals surface area contributed by atoms with Crippen molar-refractivity contribution in [2.75, 3.05) is 13.1 Å². The molecule has 2 atom stereocenters. The number of benzene rings is 1. The molecule has 1 aromatic rings. The molecule has 0 aromatic heterocycles. The zero-order valence-electron chi connectivity index (χ0n) is 10.8. The van der Waals surface area contributed by atoms with E-state index in [-0.39, 0.29) is 36.2 Å². The summed E-state index contributed by atoms with van der Waals surface area (Å²) in [7, 11) is 0. The number of rotatable bonds is 1. The summed E-state index contributed by atoms with van der Waals surface area (Å²) in [5, 5.41) is 3.37. The third-order valence-corrected chi connectivity index (χ3v) is 3.66. The maximum atomic E-state index is 13.0. The van der Waals surface area contributed by atoms with Crippen LogP contribution in [-0.2, 0) is 0 Å². The number of halogens is 3. The monoisotopic (exact) mass is 350 g/mol. The second-order valence-electron chi connectivity index (χ2n) is 4.80. The lowest BCUT2D eigenvalue weighted by atomic mass is 10.1. The minimum absolute atomic E-state index is 0. The standard InChI is InChI=1S/C13H16BrFN2O.ClH/c1-8-6-17(7-9(2)16-8)13(18)11-4-3-10(15)5-12(11)14;/h3-5,8-9,16H,6-7H2,1-2H3;1H. The molecule has 3 nitrogen and oxygen atoms in total. The molecule has 1 aromatic carbocycles. The lowest BCUT2D eigenvalue weighted by Crippen LogP contribution is -2.55. The van der Waals surface area contributed by atoms with Gasteiger partial charge in [-0.25, -0.2) is 4.39 Å². The number of piperazine rings is 1. The highest BCUT2D eigenvalue weighted by molar-refractivity contribution is 9.10. The molecule has 106 valence electrons. The van der Waals surface area contributed by atoms with Gasteiger partial charge in [0.15, 0.2) is 0 Å². The molecule has 0 bridgehead atoms. The number of carbonyl (C=O) groups excluding carboxylic acids is 1. The fourth-order valence-electron chi connectivity index (χ4n) is 2.33. The van der Waals surface area contributed by atoms with Crippen LogP contribution in [0, 0.1) is 5.82 Å². The summed E-state index contributed by atoms with van der Waals surface area (Å²) < 4.78 is 13.5. The number of hydrogen-bond donors (Lipinski definition) is 1. The Morgan fingerprint density at radius 3 is 2.47 bits per heavy atom. The second kappa shape index (κ2) is 6.68. The number of nitrogens with zero attached hydrogens (tertiary/aromatic N) is 1. The topological polar surface area (TPSA) is 32.3 Å². The molecule has 2 unspecified atom stereocenters. The number of amides is 1. The average molecular weight is 352 g/mol. The quantitative estimate of drug-likeness (QED) is 0.844. The first-order chi connectivity index (χ1) is 8.47. The molecule has 0 aliphatic carbocycles. The molecule has 1 amide bonds. The Hall–Kier alpha value is -0.650. The Bertz CT molecular complexity index is 462. The van der Waals surface area contributed by atoms with Crippen LogP contribution in [0.2, 0.25) is 0 Å². The van der Waals surface area contributed by atoms with E-state index in [0.29, 0.717) is 23.1 Å². The van der Waals surface area contributed by atoms with Crippen LogP contribution in [0.15, 0.2) is 22.7 Å². The fourth-order valence-corrected chi connectivity index (χ4v) is 2.85. The summed E-state index contributed by atoms with van der Waals surface area (Å²) in [6.07, 6.45) is 0. The van der Waals surface area contributed by atoms with E-state index in [1.165, 1.54) is 18.2 Å². The SMILES string of the molecule is CC1CN(C(=O)c2ccc(F)cc2Br)CC(C)N1.Cl. The summed E-state index contributed by atoms with van der Waals surface area (Å²) in [5.74, 6) is -0.400. The molecule has 1 saturated heterocycles. The highest BCUT2D eigenvalue weighted by atomic mass is 79.9. The maximum Gasteiger partial charge on any atom is 0.255 e. The Morgan fingerprint density at radius 2 is 1.95 bits per heavy atom. The molecular weight excluding hydrogens is 335 g/mol. The highest BCUT2D eigenvalue weighted by Crippen LogP contribution is 2.20. The van der Waals surface area contributed by atoms with Gasteiger partial charge in [0, 0.05) is 29.6 Å².